The predicted molar refractivity (Wildman–Crippen MR) is 105 cm³/mol. The lowest BCUT2D eigenvalue weighted by Gasteiger charge is -2.24. The largest absolute Gasteiger partial charge is 0.486 e. The van der Waals surface area contributed by atoms with Gasteiger partial charge in [-0.05, 0) is 31.9 Å². The Morgan fingerprint density at radius 2 is 1.83 bits per heavy atom. The molecule has 1 atom stereocenters. The lowest BCUT2D eigenvalue weighted by atomic mass is 9.95. The monoisotopic (exact) mass is 425 g/mol. The van der Waals surface area contributed by atoms with E-state index in [-0.39, 0.29) is 23.3 Å². The van der Waals surface area contributed by atoms with Crippen LogP contribution in [0.15, 0.2) is 23.1 Å². The van der Waals surface area contributed by atoms with E-state index >= 15 is 0 Å². The molecule has 1 amide bonds. The molecular weight excluding hydrogens is 398 g/mol. The summed E-state index contributed by atoms with van der Waals surface area (Å²) in [5.74, 6) is -0.625. The molecule has 2 aliphatic rings. The number of carbonyl (C=O) groups is 2. The highest BCUT2D eigenvalue weighted by Crippen LogP contribution is 2.32. The summed E-state index contributed by atoms with van der Waals surface area (Å²) < 4.78 is 40.9. The van der Waals surface area contributed by atoms with Crippen molar-refractivity contribution in [1.29, 1.82) is 0 Å². The van der Waals surface area contributed by atoms with Crippen LogP contribution in [0.4, 0.5) is 0 Å². The Balaban J connectivity index is 1.49. The zero-order valence-electron chi connectivity index (χ0n) is 16.5. The summed E-state index contributed by atoms with van der Waals surface area (Å²) in [5.41, 5.74) is 0. The number of esters is 1. The van der Waals surface area contributed by atoms with Crippen LogP contribution in [0.5, 0.6) is 11.5 Å². The molecule has 1 aliphatic heterocycles. The fourth-order valence-electron chi connectivity index (χ4n) is 3.43. The highest BCUT2D eigenvalue weighted by Gasteiger charge is 2.24. The third-order valence-electron chi connectivity index (χ3n) is 5.08. The molecule has 160 valence electrons. The molecule has 1 aromatic carbocycles. The molecule has 1 unspecified atom stereocenters. The van der Waals surface area contributed by atoms with Gasteiger partial charge in [-0.15, -0.1) is 0 Å². The first kappa shape index (κ1) is 21.4. The fraction of sp³-hybridized carbons (Fsp3) is 0.600. The Morgan fingerprint density at radius 3 is 2.55 bits per heavy atom. The van der Waals surface area contributed by atoms with Crippen LogP contribution >= 0.6 is 0 Å². The van der Waals surface area contributed by atoms with Gasteiger partial charge in [-0.2, -0.15) is 0 Å². The molecule has 29 heavy (non-hydrogen) atoms. The summed E-state index contributed by atoms with van der Waals surface area (Å²) in [5, 5.41) is 2.89. The summed E-state index contributed by atoms with van der Waals surface area (Å²) in [7, 11) is -3.70. The molecule has 3 rings (SSSR count). The number of benzene rings is 1. The van der Waals surface area contributed by atoms with Crippen LogP contribution in [0.1, 0.15) is 45.4 Å². The lowest BCUT2D eigenvalue weighted by molar-refractivity contribution is -0.154. The molecule has 8 nitrogen and oxygen atoms in total. The zero-order chi connectivity index (χ0) is 20.9. The average Bonchev–Trinajstić information content (AvgIpc) is 2.72. The minimum Gasteiger partial charge on any atom is -0.486 e. The van der Waals surface area contributed by atoms with Crippen molar-refractivity contribution in [2.45, 2.75) is 62.5 Å². The molecule has 0 aromatic heterocycles. The second-order valence-corrected chi connectivity index (χ2v) is 9.46. The van der Waals surface area contributed by atoms with Gasteiger partial charge in [0.1, 0.15) is 13.2 Å². The third kappa shape index (κ3) is 5.85. The standard InChI is InChI=1S/C20H27NO7S/c1-14(20(23)21-15-5-3-2-4-6-15)28-19(22)9-12-29(24,25)16-7-8-17-18(13-16)27-11-10-26-17/h7-8,13-15H,2-6,9-12H2,1H3,(H,21,23). The van der Waals surface area contributed by atoms with Crippen LogP contribution in [-0.4, -0.2) is 51.4 Å². The van der Waals surface area contributed by atoms with Crippen LogP contribution in [-0.2, 0) is 24.2 Å². The van der Waals surface area contributed by atoms with Crippen molar-refractivity contribution in [3.8, 4) is 11.5 Å². The molecule has 1 fully saturated rings. The van der Waals surface area contributed by atoms with Gasteiger partial charge < -0.3 is 19.5 Å². The highest BCUT2D eigenvalue weighted by atomic mass is 32.2. The molecule has 9 heteroatoms. The first-order chi connectivity index (χ1) is 13.8. The van der Waals surface area contributed by atoms with Crippen molar-refractivity contribution in [3.05, 3.63) is 18.2 Å². The van der Waals surface area contributed by atoms with Gasteiger partial charge in [0, 0.05) is 12.1 Å². The van der Waals surface area contributed by atoms with Crippen LogP contribution in [0, 0.1) is 0 Å². The van der Waals surface area contributed by atoms with Crippen molar-refractivity contribution in [3.63, 3.8) is 0 Å². The number of carbonyl (C=O) groups excluding carboxylic acids is 2. The van der Waals surface area contributed by atoms with Gasteiger partial charge in [-0.25, -0.2) is 8.42 Å². The fourth-order valence-corrected chi connectivity index (χ4v) is 4.66. The van der Waals surface area contributed by atoms with E-state index < -0.39 is 27.7 Å². The number of nitrogens with one attached hydrogen (secondary N) is 1. The van der Waals surface area contributed by atoms with E-state index in [4.69, 9.17) is 14.2 Å². The SMILES string of the molecule is CC(OC(=O)CCS(=O)(=O)c1ccc2c(c1)OCCO2)C(=O)NC1CCCCC1. The van der Waals surface area contributed by atoms with Gasteiger partial charge in [0.2, 0.25) is 0 Å². The van der Waals surface area contributed by atoms with E-state index in [9.17, 15) is 18.0 Å². The number of hydrogen-bond acceptors (Lipinski definition) is 7. The minimum atomic E-state index is -3.70. The highest BCUT2D eigenvalue weighted by molar-refractivity contribution is 7.91. The number of rotatable bonds is 7. The third-order valence-corrected chi connectivity index (χ3v) is 6.79. The molecule has 1 N–H and O–H groups in total. The van der Waals surface area contributed by atoms with Crippen LogP contribution < -0.4 is 14.8 Å². The van der Waals surface area contributed by atoms with Gasteiger partial charge in [-0.3, -0.25) is 9.59 Å². The van der Waals surface area contributed by atoms with Crippen LogP contribution in [0.25, 0.3) is 0 Å². The maximum Gasteiger partial charge on any atom is 0.307 e. The Kier molecular flexibility index (Phi) is 7.00. The summed E-state index contributed by atoms with van der Waals surface area (Å²) in [6.45, 7) is 2.26. The summed E-state index contributed by atoms with van der Waals surface area (Å²) >= 11 is 0. The van der Waals surface area contributed by atoms with E-state index in [0.29, 0.717) is 24.7 Å². The van der Waals surface area contributed by atoms with E-state index in [1.807, 2.05) is 0 Å². The van der Waals surface area contributed by atoms with Crippen molar-refractivity contribution in [2.75, 3.05) is 19.0 Å². The maximum absolute atomic E-state index is 12.5. The Hall–Kier alpha value is -2.29. The van der Waals surface area contributed by atoms with Crippen molar-refractivity contribution in [1.82, 2.24) is 5.32 Å². The second-order valence-electron chi connectivity index (χ2n) is 7.35. The molecule has 1 saturated carbocycles. The van der Waals surface area contributed by atoms with Crippen molar-refractivity contribution >= 4 is 21.7 Å². The van der Waals surface area contributed by atoms with Crippen molar-refractivity contribution in [2.24, 2.45) is 0 Å². The van der Waals surface area contributed by atoms with E-state index in [1.165, 1.54) is 31.5 Å². The Morgan fingerprint density at radius 1 is 1.14 bits per heavy atom. The smallest absolute Gasteiger partial charge is 0.307 e. The first-order valence-electron chi connectivity index (χ1n) is 9.97. The topological polar surface area (TPSA) is 108 Å². The predicted octanol–water partition coefficient (Wildman–Crippen LogP) is 2.00. The number of sulfone groups is 1. The summed E-state index contributed by atoms with van der Waals surface area (Å²) in [4.78, 5) is 24.3. The van der Waals surface area contributed by atoms with E-state index in [1.54, 1.807) is 0 Å². The quantitative estimate of drug-likeness (QED) is 0.666. The number of fused-ring (bicyclic) bond motifs is 1. The van der Waals surface area contributed by atoms with Gasteiger partial charge in [0.25, 0.3) is 5.91 Å². The van der Waals surface area contributed by atoms with Crippen LogP contribution in [0.2, 0.25) is 0 Å². The molecule has 1 aliphatic carbocycles. The second kappa shape index (κ2) is 9.47. The maximum atomic E-state index is 12.5. The molecular formula is C20H27NO7S. The lowest BCUT2D eigenvalue weighted by Crippen LogP contribution is -2.42. The zero-order valence-corrected chi connectivity index (χ0v) is 17.3. The van der Waals surface area contributed by atoms with Gasteiger partial charge >= 0.3 is 5.97 Å². The number of amides is 1. The summed E-state index contributed by atoms with van der Waals surface area (Å²) in [6.07, 6.45) is 3.90. The number of hydrogen-bond donors (Lipinski definition) is 1. The van der Waals surface area contributed by atoms with Crippen molar-refractivity contribution < 1.29 is 32.2 Å². The molecule has 0 spiro atoms. The summed E-state index contributed by atoms with van der Waals surface area (Å²) in [6, 6.07) is 4.48. The molecule has 0 saturated heterocycles. The van der Waals surface area contributed by atoms with Gasteiger partial charge in [-0.1, -0.05) is 19.3 Å². The normalized spacial score (nSPS) is 18.0. The van der Waals surface area contributed by atoms with Gasteiger partial charge in [0.05, 0.1) is 17.1 Å². The molecule has 1 aromatic rings. The average molecular weight is 426 g/mol. The van der Waals surface area contributed by atoms with Gasteiger partial charge in [0.15, 0.2) is 27.4 Å². The minimum absolute atomic E-state index is 0.0534. The first-order valence-corrected chi connectivity index (χ1v) is 11.6. The van der Waals surface area contributed by atoms with E-state index in [0.717, 1.165) is 25.7 Å². The van der Waals surface area contributed by atoms with E-state index in [2.05, 4.69) is 5.32 Å². The Labute approximate surface area is 170 Å². The number of ether oxygens (including phenoxy) is 3. The molecule has 1 heterocycles. The molecule has 0 bridgehead atoms. The Bertz CT molecular complexity index is 846. The molecule has 0 radical (unpaired) electrons. The van der Waals surface area contributed by atoms with Crippen LogP contribution in [0.3, 0.4) is 0 Å².